The molecule has 3 aromatic rings. The number of nitrogens with zero attached hydrogens (tertiary/aromatic N) is 6. The molecule has 4 rings (SSSR count). The highest BCUT2D eigenvalue weighted by molar-refractivity contribution is 8.21. The number of carbonyl (C=O) groups is 1. The zero-order valence-corrected chi connectivity index (χ0v) is 20.7. The summed E-state index contributed by atoms with van der Waals surface area (Å²) in [5.41, 5.74) is 0.107. The summed E-state index contributed by atoms with van der Waals surface area (Å²) in [5, 5.41) is 19.3. The molecule has 0 fully saturated rings. The van der Waals surface area contributed by atoms with E-state index >= 15 is 0 Å². The molecule has 0 saturated heterocycles. The third-order valence-electron chi connectivity index (χ3n) is 5.92. The lowest BCUT2D eigenvalue weighted by atomic mass is 10.1. The number of hydrazone groups is 1. The van der Waals surface area contributed by atoms with E-state index in [1.807, 2.05) is 13.8 Å². The molecule has 12 heteroatoms. The topological polar surface area (TPSA) is 132 Å². The van der Waals surface area contributed by atoms with E-state index in [0.29, 0.717) is 29.5 Å². The highest BCUT2D eigenvalue weighted by Gasteiger charge is 2.36. The van der Waals surface area contributed by atoms with Crippen molar-refractivity contribution in [2.24, 2.45) is 10.9 Å². The Labute approximate surface area is 210 Å². The molecular weight excluding hydrogens is 485 g/mol. The average Bonchev–Trinajstić information content (AvgIpc) is 3.36. The van der Waals surface area contributed by atoms with Crippen LogP contribution in [0.15, 0.2) is 59.6 Å². The first-order valence-corrected chi connectivity index (χ1v) is 12.0. The fourth-order valence-corrected chi connectivity index (χ4v) is 4.90. The lowest BCUT2D eigenvalue weighted by molar-refractivity contribution is 0.0584. The van der Waals surface area contributed by atoms with Crippen molar-refractivity contribution in [2.45, 2.75) is 38.9 Å². The zero-order valence-electron chi connectivity index (χ0n) is 19.8. The van der Waals surface area contributed by atoms with Crippen LogP contribution in [-0.4, -0.2) is 52.9 Å². The largest absolute Gasteiger partial charge is 0.503 e. The third kappa shape index (κ3) is 5.03. The van der Waals surface area contributed by atoms with Gasteiger partial charge in [0, 0.05) is 30.1 Å². The van der Waals surface area contributed by atoms with Crippen molar-refractivity contribution >= 4 is 27.6 Å². The number of halogens is 1. The highest BCUT2D eigenvalue weighted by atomic mass is 32.2. The molecule has 0 spiro atoms. The minimum Gasteiger partial charge on any atom is -0.503 e. The van der Waals surface area contributed by atoms with E-state index in [1.54, 1.807) is 32.6 Å². The molecule has 0 aliphatic carbocycles. The van der Waals surface area contributed by atoms with Crippen molar-refractivity contribution in [2.75, 3.05) is 6.54 Å². The maximum Gasteiger partial charge on any atom is 0.274 e. The van der Waals surface area contributed by atoms with Crippen LogP contribution in [0.5, 0.6) is 5.75 Å². The summed E-state index contributed by atoms with van der Waals surface area (Å²) in [5.74, 6) is 4.14. The minimum absolute atomic E-state index is 0.0781. The summed E-state index contributed by atoms with van der Waals surface area (Å²) in [6, 6.07) is 5.44. The second-order valence-corrected chi connectivity index (χ2v) is 9.82. The number of carbonyl (C=O) groups excluding carboxylic acids is 1. The van der Waals surface area contributed by atoms with E-state index in [9.17, 15) is 19.1 Å². The Morgan fingerprint density at radius 1 is 1.33 bits per heavy atom. The molecule has 3 heterocycles. The average molecular weight is 512 g/mol. The summed E-state index contributed by atoms with van der Waals surface area (Å²) in [6.07, 6.45) is 4.81. The molecule has 36 heavy (non-hydrogen) atoms. The Morgan fingerprint density at radius 2 is 2.06 bits per heavy atom. The van der Waals surface area contributed by atoms with E-state index in [0.717, 1.165) is 17.3 Å². The third-order valence-corrected chi connectivity index (χ3v) is 6.87. The summed E-state index contributed by atoms with van der Waals surface area (Å²) in [6.45, 7) is 8.46. The molecule has 2 aromatic heterocycles. The number of nitrogens with two attached hydrogens (primary N) is 1. The van der Waals surface area contributed by atoms with Crippen LogP contribution in [0.1, 0.15) is 41.5 Å². The lowest BCUT2D eigenvalue weighted by Crippen LogP contribution is -2.48. The molecule has 10 nitrogen and oxygen atoms in total. The fourth-order valence-electron chi connectivity index (χ4n) is 4.07. The second-order valence-electron chi connectivity index (χ2n) is 8.65. The minimum atomic E-state index is -0.713. The first-order valence-electron chi connectivity index (χ1n) is 11.2. The molecule has 0 bridgehead atoms. The number of amides is 1. The SMILES string of the molecule is C=C(S/C(Cc1ccc(F)cc1)=N\N)c1cn2c(c(O)c1=O)C(=O)N(C(C)C)C[C@@H]2Cn1cncn1. The summed E-state index contributed by atoms with van der Waals surface area (Å²) < 4.78 is 16.5. The van der Waals surface area contributed by atoms with Crippen LogP contribution in [-0.2, 0) is 13.0 Å². The number of aromatic hydroxyl groups is 1. The summed E-state index contributed by atoms with van der Waals surface area (Å²) in [4.78, 5) is 32.2. The van der Waals surface area contributed by atoms with Crippen LogP contribution >= 0.6 is 11.8 Å². The number of hydrogen-bond donors (Lipinski definition) is 2. The van der Waals surface area contributed by atoms with Crippen LogP contribution in [0.3, 0.4) is 0 Å². The van der Waals surface area contributed by atoms with Crippen molar-refractivity contribution in [3.05, 3.63) is 82.6 Å². The number of rotatable bonds is 7. The molecule has 0 saturated carbocycles. The molecule has 1 amide bonds. The molecule has 1 atom stereocenters. The first-order chi connectivity index (χ1) is 17.2. The number of hydrogen-bond acceptors (Lipinski definition) is 8. The van der Waals surface area contributed by atoms with Crippen molar-refractivity contribution in [1.29, 1.82) is 0 Å². The number of fused-ring (bicyclic) bond motifs is 1. The van der Waals surface area contributed by atoms with Gasteiger partial charge >= 0.3 is 0 Å². The van der Waals surface area contributed by atoms with Gasteiger partial charge in [0.2, 0.25) is 5.43 Å². The molecule has 0 radical (unpaired) electrons. The molecule has 1 aliphatic rings. The monoisotopic (exact) mass is 511 g/mol. The molecule has 1 aliphatic heterocycles. The summed E-state index contributed by atoms with van der Waals surface area (Å²) >= 11 is 1.07. The van der Waals surface area contributed by atoms with Gasteiger partial charge in [0.05, 0.1) is 18.2 Å². The van der Waals surface area contributed by atoms with Gasteiger partial charge in [-0.3, -0.25) is 14.3 Å². The molecule has 188 valence electrons. The van der Waals surface area contributed by atoms with Crippen LogP contribution in [0.2, 0.25) is 0 Å². The van der Waals surface area contributed by atoms with Gasteiger partial charge in [-0.25, -0.2) is 9.37 Å². The fraction of sp³-hybridized carbons (Fsp3) is 0.292. The Morgan fingerprint density at radius 3 is 2.67 bits per heavy atom. The van der Waals surface area contributed by atoms with Gasteiger partial charge in [-0.05, 0) is 31.5 Å². The lowest BCUT2D eigenvalue weighted by Gasteiger charge is -2.38. The van der Waals surface area contributed by atoms with Gasteiger partial charge < -0.3 is 20.4 Å². The van der Waals surface area contributed by atoms with Gasteiger partial charge in [0.25, 0.3) is 5.91 Å². The van der Waals surface area contributed by atoms with E-state index in [1.165, 1.54) is 24.7 Å². The van der Waals surface area contributed by atoms with E-state index < -0.39 is 17.1 Å². The van der Waals surface area contributed by atoms with E-state index in [4.69, 9.17) is 5.84 Å². The van der Waals surface area contributed by atoms with Gasteiger partial charge in [0.15, 0.2) is 11.4 Å². The van der Waals surface area contributed by atoms with E-state index in [-0.39, 0.29) is 29.2 Å². The first kappa shape index (κ1) is 25.2. The smallest absolute Gasteiger partial charge is 0.274 e. The second kappa shape index (κ2) is 10.4. The Bertz CT molecular complexity index is 1370. The van der Waals surface area contributed by atoms with Crippen LogP contribution < -0.4 is 11.3 Å². The van der Waals surface area contributed by atoms with Crippen LogP contribution in [0, 0.1) is 5.82 Å². The van der Waals surface area contributed by atoms with Crippen LogP contribution in [0.4, 0.5) is 4.39 Å². The van der Waals surface area contributed by atoms with E-state index in [2.05, 4.69) is 21.8 Å². The van der Waals surface area contributed by atoms with Gasteiger partial charge in [-0.15, -0.1) is 0 Å². The maximum absolute atomic E-state index is 13.2. The normalized spacial score (nSPS) is 15.9. The van der Waals surface area contributed by atoms with Gasteiger partial charge in [-0.2, -0.15) is 10.2 Å². The summed E-state index contributed by atoms with van der Waals surface area (Å²) in [7, 11) is 0. The standard InChI is InChI=1S/C24H26FN7O3S/c1-14(2)31-10-18(9-30-13-27-12-28-30)32-11-19(22(33)23(34)21(32)24(31)35)15(3)36-20(29-26)8-16-4-6-17(25)7-5-16/h4-7,11-14,18,34H,3,8-10,26H2,1-2H3/b29-20-/t18-/m0/s1. The molecular formula is C24H26FN7O3S. The van der Waals surface area contributed by atoms with Crippen LogP contribution in [0.25, 0.3) is 4.91 Å². The van der Waals surface area contributed by atoms with Crippen molar-refractivity contribution < 1.29 is 14.3 Å². The number of thioether (sulfide) groups is 1. The predicted octanol–water partition coefficient (Wildman–Crippen LogP) is 2.61. The Kier molecular flexibility index (Phi) is 7.25. The highest BCUT2D eigenvalue weighted by Crippen LogP contribution is 2.33. The zero-order chi connectivity index (χ0) is 26.0. The Hall–Kier alpha value is -3.93. The predicted molar refractivity (Wildman–Crippen MR) is 136 cm³/mol. The van der Waals surface area contributed by atoms with Gasteiger partial charge in [0.1, 0.15) is 23.5 Å². The van der Waals surface area contributed by atoms with Crippen molar-refractivity contribution in [3.63, 3.8) is 0 Å². The Balaban J connectivity index is 1.69. The maximum atomic E-state index is 13.2. The number of pyridine rings is 1. The van der Waals surface area contributed by atoms with Gasteiger partial charge in [-0.1, -0.05) is 30.5 Å². The number of aromatic nitrogens is 4. The molecule has 3 N–H and O–H groups in total. The molecule has 0 unspecified atom stereocenters. The quantitative estimate of drug-likeness (QED) is 0.216. The van der Waals surface area contributed by atoms with Crippen molar-refractivity contribution in [1.82, 2.24) is 24.2 Å². The number of benzene rings is 1. The van der Waals surface area contributed by atoms with Crippen molar-refractivity contribution in [3.8, 4) is 5.75 Å². The molecule has 1 aromatic carbocycles.